The molecule has 0 unspecified atom stereocenters. The number of ether oxygens (including phenoxy) is 1. The molecule has 0 aliphatic carbocycles. The monoisotopic (exact) mass is 337 g/mol. The number of hydrogen-bond acceptors (Lipinski definition) is 4. The molecule has 6 nitrogen and oxygen atoms in total. The van der Waals surface area contributed by atoms with Gasteiger partial charge in [0, 0.05) is 17.8 Å². The molecule has 2 N–H and O–H groups in total. The Bertz CT molecular complexity index is 754. The highest BCUT2D eigenvalue weighted by atomic mass is 16.5. The van der Waals surface area contributed by atoms with Crippen molar-refractivity contribution in [1.82, 2.24) is 0 Å². The van der Waals surface area contributed by atoms with E-state index in [0.29, 0.717) is 30.8 Å². The van der Waals surface area contributed by atoms with Gasteiger partial charge < -0.3 is 15.4 Å². The molecule has 0 bridgehead atoms. The number of benzene rings is 2. The van der Waals surface area contributed by atoms with E-state index in [2.05, 4.69) is 10.6 Å². The Morgan fingerprint density at radius 1 is 0.960 bits per heavy atom. The molecule has 2 amide bonds. The smallest absolute Gasteiger partial charge is 0.238 e. The summed E-state index contributed by atoms with van der Waals surface area (Å²) in [5.41, 5.74) is 1.12. The highest BCUT2D eigenvalue weighted by Gasteiger charge is 2.05. The first-order valence-corrected chi connectivity index (χ1v) is 7.92. The van der Waals surface area contributed by atoms with Crippen molar-refractivity contribution in [3.05, 3.63) is 54.6 Å². The molecule has 2 rings (SSSR count). The standard InChI is InChI=1S/C19H19N3O3/c20-12-11-19(24)22-16-7-4-6-15(14-16)21-18(23)10-5-13-25-17-8-2-1-3-9-17/h1-4,6-9,14H,5,10-11,13H2,(H,21,23)(H,22,24). The first kappa shape index (κ1) is 18.0. The molecule has 0 saturated carbocycles. The molecule has 25 heavy (non-hydrogen) atoms. The van der Waals surface area contributed by atoms with E-state index < -0.39 is 0 Å². The maximum atomic E-state index is 12.0. The van der Waals surface area contributed by atoms with E-state index >= 15 is 0 Å². The number of para-hydroxylation sites is 1. The molecule has 6 heteroatoms. The maximum absolute atomic E-state index is 12.0. The van der Waals surface area contributed by atoms with Crippen molar-refractivity contribution in [2.75, 3.05) is 17.2 Å². The number of carbonyl (C=O) groups excluding carboxylic acids is 2. The molecule has 0 radical (unpaired) electrons. The topological polar surface area (TPSA) is 91.2 Å². The van der Waals surface area contributed by atoms with Gasteiger partial charge in [0.05, 0.1) is 12.7 Å². The molecule has 2 aromatic rings. The van der Waals surface area contributed by atoms with Crippen molar-refractivity contribution in [1.29, 1.82) is 5.26 Å². The van der Waals surface area contributed by atoms with Crippen molar-refractivity contribution in [2.45, 2.75) is 19.3 Å². The lowest BCUT2D eigenvalue weighted by Gasteiger charge is -2.09. The number of hydrogen-bond donors (Lipinski definition) is 2. The van der Waals surface area contributed by atoms with Gasteiger partial charge in [-0.05, 0) is 36.8 Å². The lowest BCUT2D eigenvalue weighted by Crippen LogP contribution is -2.14. The number of nitrogens with one attached hydrogen (secondary N) is 2. The van der Waals surface area contributed by atoms with Crippen LogP contribution in [0, 0.1) is 11.3 Å². The highest BCUT2D eigenvalue weighted by Crippen LogP contribution is 2.16. The van der Waals surface area contributed by atoms with Crippen LogP contribution in [-0.4, -0.2) is 18.4 Å². The number of carbonyl (C=O) groups is 2. The van der Waals surface area contributed by atoms with Gasteiger partial charge in [0.1, 0.15) is 12.2 Å². The van der Waals surface area contributed by atoms with Crippen LogP contribution in [0.15, 0.2) is 54.6 Å². The zero-order valence-electron chi connectivity index (χ0n) is 13.7. The van der Waals surface area contributed by atoms with Gasteiger partial charge in [-0.25, -0.2) is 0 Å². The Morgan fingerprint density at radius 3 is 2.32 bits per heavy atom. The van der Waals surface area contributed by atoms with Gasteiger partial charge in [-0.15, -0.1) is 0 Å². The van der Waals surface area contributed by atoms with Crippen LogP contribution in [0.1, 0.15) is 19.3 Å². The fourth-order valence-electron chi connectivity index (χ4n) is 2.11. The van der Waals surface area contributed by atoms with Gasteiger partial charge in [-0.3, -0.25) is 9.59 Å². The molecular weight excluding hydrogens is 318 g/mol. The summed E-state index contributed by atoms with van der Waals surface area (Å²) in [5, 5.41) is 13.9. The van der Waals surface area contributed by atoms with E-state index in [4.69, 9.17) is 10.00 Å². The molecule has 0 spiro atoms. The van der Waals surface area contributed by atoms with Gasteiger partial charge in [0.25, 0.3) is 0 Å². The molecular formula is C19H19N3O3. The largest absolute Gasteiger partial charge is 0.494 e. The van der Waals surface area contributed by atoms with E-state index in [9.17, 15) is 9.59 Å². The predicted molar refractivity (Wildman–Crippen MR) is 95.1 cm³/mol. The SMILES string of the molecule is N#CCC(=O)Nc1cccc(NC(=O)CCCOc2ccccc2)c1. The zero-order chi connectivity index (χ0) is 17.9. The minimum atomic E-state index is -0.385. The lowest BCUT2D eigenvalue weighted by molar-refractivity contribution is -0.116. The van der Waals surface area contributed by atoms with Gasteiger partial charge in [0.2, 0.25) is 11.8 Å². The van der Waals surface area contributed by atoms with Gasteiger partial charge in [0.15, 0.2) is 0 Å². The summed E-state index contributed by atoms with van der Waals surface area (Å²) in [6, 6.07) is 18.0. The average Bonchev–Trinajstić information content (AvgIpc) is 2.60. The Hall–Kier alpha value is -3.33. The molecule has 0 saturated heterocycles. The molecule has 128 valence electrons. The molecule has 0 aliphatic rings. The van der Waals surface area contributed by atoms with Gasteiger partial charge in [-0.1, -0.05) is 24.3 Å². The molecule has 0 atom stereocenters. The third kappa shape index (κ3) is 6.75. The lowest BCUT2D eigenvalue weighted by atomic mass is 10.2. The van der Waals surface area contributed by atoms with Crippen molar-refractivity contribution >= 4 is 23.2 Å². The number of amides is 2. The van der Waals surface area contributed by atoms with Crippen LogP contribution in [0.5, 0.6) is 5.75 Å². The summed E-state index contributed by atoms with van der Waals surface area (Å²) in [7, 11) is 0. The Morgan fingerprint density at radius 2 is 1.64 bits per heavy atom. The molecule has 0 aliphatic heterocycles. The molecule has 2 aromatic carbocycles. The van der Waals surface area contributed by atoms with Crippen LogP contribution >= 0.6 is 0 Å². The first-order chi connectivity index (χ1) is 12.2. The number of rotatable bonds is 8. The van der Waals surface area contributed by atoms with Gasteiger partial charge in [-0.2, -0.15) is 5.26 Å². The van der Waals surface area contributed by atoms with Crippen LogP contribution in [0.4, 0.5) is 11.4 Å². The zero-order valence-corrected chi connectivity index (χ0v) is 13.7. The minimum Gasteiger partial charge on any atom is -0.494 e. The number of nitriles is 1. The summed E-state index contributed by atoms with van der Waals surface area (Å²) in [6.07, 6.45) is 0.717. The minimum absolute atomic E-state index is 0.128. The summed E-state index contributed by atoms with van der Waals surface area (Å²) in [4.78, 5) is 23.4. The summed E-state index contributed by atoms with van der Waals surface area (Å²) in [5.74, 6) is 0.268. The van der Waals surface area contributed by atoms with Crippen LogP contribution in [0.3, 0.4) is 0 Å². The number of nitrogens with zero attached hydrogens (tertiary/aromatic N) is 1. The fraction of sp³-hybridized carbons (Fsp3) is 0.211. The van der Waals surface area contributed by atoms with Crippen LogP contribution in [-0.2, 0) is 9.59 Å². The Kier molecular flexibility index (Phi) is 7.01. The molecule has 0 fully saturated rings. The summed E-state index contributed by atoms with van der Waals surface area (Å²) >= 11 is 0. The number of anilines is 2. The van der Waals surface area contributed by atoms with Crippen LogP contribution < -0.4 is 15.4 Å². The normalized spacial score (nSPS) is 9.72. The third-order valence-electron chi connectivity index (χ3n) is 3.23. The van der Waals surface area contributed by atoms with E-state index in [-0.39, 0.29) is 18.2 Å². The second-order valence-electron chi connectivity index (χ2n) is 5.28. The molecule has 0 heterocycles. The Balaban J connectivity index is 1.74. The third-order valence-corrected chi connectivity index (χ3v) is 3.23. The summed E-state index contributed by atoms with van der Waals surface area (Å²) < 4.78 is 5.54. The Labute approximate surface area is 146 Å². The highest BCUT2D eigenvalue weighted by molar-refractivity contribution is 5.94. The predicted octanol–water partition coefficient (Wildman–Crippen LogP) is 3.34. The summed E-state index contributed by atoms with van der Waals surface area (Å²) in [6.45, 7) is 0.460. The van der Waals surface area contributed by atoms with E-state index in [0.717, 1.165) is 5.75 Å². The van der Waals surface area contributed by atoms with Crippen molar-refractivity contribution in [3.8, 4) is 11.8 Å². The molecule has 0 aromatic heterocycles. The van der Waals surface area contributed by atoms with E-state index in [1.807, 2.05) is 30.3 Å². The van der Waals surface area contributed by atoms with Crippen molar-refractivity contribution < 1.29 is 14.3 Å². The van der Waals surface area contributed by atoms with Crippen LogP contribution in [0.2, 0.25) is 0 Å². The van der Waals surface area contributed by atoms with Gasteiger partial charge >= 0.3 is 0 Å². The second kappa shape index (κ2) is 9.73. The fourth-order valence-corrected chi connectivity index (χ4v) is 2.11. The van der Waals surface area contributed by atoms with Crippen molar-refractivity contribution in [2.24, 2.45) is 0 Å². The first-order valence-electron chi connectivity index (χ1n) is 7.92. The second-order valence-corrected chi connectivity index (χ2v) is 5.28. The van der Waals surface area contributed by atoms with Crippen LogP contribution in [0.25, 0.3) is 0 Å². The van der Waals surface area contributed by atoms with E-state index in [1.165, 1.54) is 0 Å². The van der Waals surface area contributed by atoms with Crippen molar-refractivity contribution in [3.63, 3.8) is 0 Å². The average molecular weight is 337 g/mol. The maximum Gasteiger partial charge on any atom is 0.238 e. The quantitative estimate of drug-likeness (QED) is 0.723. The van der Waals surface area contributed by atoms with E-state index in [1.54, 1.807) is 30.3 Å².